The average molecular weight is 281 g/mol. The van der Waals surface area contributed by atoms with Gasteiger partial charge in [0.25, 0.3) is 0 Å². The van der Waals surface area contributed by atoms with Crippen molar-refractivity contribution in [3.63, 3.8) is 0 Å². The zero-order chi connectivity index (χ0) is 11.7. The molecule has 0 saturated carbocycles. The van der Waals surface area contributed by atoms with Crippen LogP contribution in [-0.2, 0) is 7.05 Å². The number of halogens is 1. The Morgan fingerprint density at radius 3 is 2.94 bits per heavy atom. The topological polar surface area (TPSA) is 34.9 Å². The normalized spacial score (nSPS) is 10.9. The smallest absolute Gasteiger partial charge is 0.163 e. The molecule has 2 aromatic rings. The Morgan fingerprint density at radius 2 is 2.25 bits per heavy atom. The lowest BCUT2D eigenvalue weighted by atomic mass is 10.1. The predicted molar refractivity (Wildman–Crippen MR) is 68.2 cm³/mol. The molecule has 1 aromatic heterocycles. The molecular weight excluding hydrogens is 268 g/mol. The number of Topliss-reactive ketones (excluding diaryl/α,β-unsaturated/α-hetero) is 1. The number of imidazole rings is 1. The highest BCUT2D eigenvalue weighted by molar-refractivity contribution is 9.09. The first-order valence-corrected chi connectivity index (χ1v) is 6.28. The van der Waals surface area contributed by atoms with Gasteiger partial charge in [0.05, 0.1) is 11.0 Å². The Kier molecular flexibility index (Phi) is 3.10. The maximum atomic E-state index is 11.7. The molecule has 0 atom stereocenters. The molecule has 0 aliphatic heterocycles. The number of carbonyl (C=O) groups excluding carboxylic acids is 1. The van der Waals surface area contributed by atoms with Gasteiger partial charge in [-0.15, -0.1) is 0 Å². The summed E-state index contributed by atoms with van der Waals surface area (Å²) in [5.41, 5.74) is 2.69. The third-order valence-corrected chi connectivity index (χ3v) is 3.14. The number of benzene rings is 1. The van der Waals surface area contributed by atoms with Gasteiger partial charge in [-0.05, 0) is 25.1 Å². The van der Waals surface area contributed by atoms with Crippen LogP contribution < -0.4 is 0 Å². The number of alkyl halides is 1. The summed E-state index contributed by atoms with van der Waals surface area (Å²) in [6, 6.07) is 5.69. The molecule has 1 heterocycles. The standard InChI is InChI=1S/C12H13BrN2O/c1-8-14-10-7-9(12(16)5-6-13)3-4-11(10)15(8)2/h3-4,7H,5-6H2,1-2H3. The van der Waals surface area contributed by atoms with Crippen molar-refractivity contribution in [1.29, 1.82) is 0 Å². The number of rotatable bonds is 3. The molecular formula is C12H13BrN2O. The molecule has 0 spiro atoms. The van der Waals surface area contributed by atoms with Gasteiger partial charge >= 0.3 is 0 Å². The number of aryl methyl sites for hydroxylation is 2. The van der Waals surface area contributed by atoms with Crippen LogP contribution in [0, 0.1) is 6.92 Å². The number of carbonyl (C=O) groups is 1. The monoisotopic (exact) mass is 280 g/mol. The van der Waals surface area contributed by atoms with Gasteiger partial charge in [0.15, 0.2) is 5.78 Å². The van der Waals surface area contributed by atoms with E-state index < -0.39 is 0 Å². The molecule has 0 saturated heterocycles. The minimum absolute atomic E-state index is 0.155. The first-order chi connectivity index (χ1) is 7.63. The Hall–Kier alpha value is -1.16. The third-order valence-electron chi connectivity index (χ3n) is 2.75. The molecule has 0 bridgehead atoms. The largest absolute Gasteiger partial charge is 0.331 e. The van der Waals surface area contributed by atoms with Gasteiger partial charge in [-0.3, -0.25) is 4.79 Å². The van der Waals surface area contributed by atoms with Crippen LogP contribution in [0.2, 0.25) is 0 Å². The van der Waals surface area contributed by atoms with Gasteiger partial charge in [0.1, 0.15) is 5.82 Å². The molecule has 0 unspecified atom stereocenters. The molecule has 0 aliphatic carbocycles. The van der Waals surface area contributed by atoms with E-state index in [0.717, 1.165) is 22.4 Å². The van der Waals surface area contributed by atoms with E-state index in [1.165, 1.54) is 0 Å². The zero-order valence-corrected chi connectivity index (χ0v) is 10.9. The van der Waals surface area contributed by atoms with E-state index in [2.05, 4.69) is 20.9 Å². The maximum absolute atomic E-state index is 11.7. The van der Waals surface area contributed by atoms with Crippen LogP contribution in [0.1, 0.15) is 22.6 Å². The Morgan fingerprint density at radius 1 is 1.50 bits per heavy atom. The predicted octanol–water partition coefficient (Wildman–Crippen LogP) is 2.85. The van der Waals surface area contributed by atoms with E-state index >= 15 is 0 Å². The van der Waals surface area contributed by atoms with Gasteiger partial charge in [-0.1, -0.05) is 15.9 Å². The summed E-state index contributed by atoms with van der Waals surface area (Å²) in [5.74, 6) is 1.11. The number of ketones is 1. The summed E-state index contributed by atoms with van der Waals surface area (Å²) < 4.78 is 2.02. The molecule has 2 rings (SSSR count). The highest BCUT2D eigenvalue weighted by Crippen LogP contribution is 2.17. The van der Waals surface area contributed by atoms with Gasteiger partial charge in [-0.25, -0.2) is 4.98 Å². The third kappa shape index (κ3) is 1.89. The summed E-state index contributed by atoms with van der Waals surface area (Å²) in [6.45, 7) is 1.96. The van der Waals surface area contributed by atoms with Crippen molar-refractivity contribution in [3.05, 3.63) is 29.6 Å². The van der Waals surface area contributed by atoms with Crippen LogP contribution in [0.25, 0.3) is 11.0 Å². The molecule has 3 nitrogen and oxygen atoms in total. The Balaban J connectivity index is 2.48. The van der Waals surface area contributed by atoms with Crippen LogP contribution in [-0.4, -0.2) is 20.7 Å². The van der Waals surface area contributed by atoms with E-state index in [4.69, 9.17) is 0 Å². The molecule has 0 aliphatic rings. The second-order valence-electron chi connectivity index (χ2n) is 3.78. The zero-order valence-electron chi connectivity index (χ0n) is 9.33. The molecule has 1 aromatic carbocycles. The Labute approximate surface area is 103 Å². The van der Waals surface area contributed by atoms with E-state index in [1.54, 1.807) is 0 Å². The summed E-state index contributed by atoms with van der Waals surface area (Å²) in [5, 5.41) is 0.700. The van der Waals surface area contributed by atoms with E-state index in [-0.39, 0.29) is 5.78 Å². The fraction of sp³-hybridized carbons (Fsp3) is 0.333. The number of aromatic nitrogens is 2. The first kappa shape index (κ1) is 11.3. The number of nitrogens with zero attached hydrogens (tertiary/aromatic N) is 2. The van der Waals surface area contributed by atoms with E-state index in [9.17, 15) is 4.79 Å². The lowest BCUT2D eigenvalue weighted by Crippen LogP contribution is -1.99. The van der Waals surface area contributed by atoms with Gasteiger partial charge in [0.2, 0.25) is 0 Å². The fourth-order valence-corrected chi connectivity index (χ4v) is 2.08. The van der Waals surface area contributed by atoms with Crippen molar-refractivity contribution in [2.24, 2.45) is 7.05 Å². The molecule has 84 valence electrons. The average Bonchev–Trinajstić information content (AvgIpc) is 2.55. The first-order valence-electron chi connectivity index (χ1n) is 5.15. The van der Waals surface area contributed by atoms with Gasteiger partial charge in [-0.2, -0.15) is 0 Å². The van der Waals surface area contributed by atoms with Crippen molar-refractivity contribution in [2.75, 3.05) is 5.33 Å². The number of hydrogen-bond donors (Lipinski definition) is 0. The second-order valence-corrected chi connectivity index (χ2v) is 4.58. The lowest BCUT2D eigenvalue weighted by molar-refractivity contribution is 0.0990. The highest BCUT2D eigenvalue weighted by atomic mass is 79.9. The van der Waals surface area contributed by atoms with Gasteiger partial charge in [0, 0.05) is 24.4 Å². The van der Waals surface area contributed by atoms with Crippen molar-refractivity contribution in [2.45, 2.75) is 13.3 Å². The van der Waals surface area contributed by atoms with Crippen molar-refractivity contribution in [1.82, 2.24) is 9.55 Å². The number of hydrogen-bond acceptors (Lipinski definition) is 2. The summed E-state index contributed by atoms with van der Waals surface area (Å²) in [4.78, 5) is 16.1. The van der Waals surface area contributed by atoms with Crippen molar-refractivity contribution < 1.29 is 4.79 Å². The quantitative estimate of drug-likeness (QED) is 0.640. The molecule has 4 heteroatoms. The number of fused-ring (bicyclic) bond motifs is 1. The minimum atomic E-state index is 0.155. The Bertz CT molecular complexity index is 545. The maximum Gasteiger partial charge on any atom is 0.163 e. The highest BCUT2D eigenvalue weighted by Gasteiger charge is 2.09. The summed E-state index contributed by atoms with van der Waals surface area (Å²) >= 11 is 3.27. The van der Waals surface area contributed by atoms with Crippen LogP contribution in [0.3, 0.4) is 0 Å². The van der Waals surface area contributed by atoms with E-state index in [0.29, 0.717) is 11.8 Å². The van der Waals surface area contributed by atoms with Crippen LogP contribution in [0.15, 0.2) is 18.2 Å². The molecule has 0 N–H and O–H groups in total. The van der Waals surface area contributed by atoms with E-state index in [1.807, 2.05) is 36.7 Å². The molecule has 0 amide bonds. The second kappa shape index (κ2) is 4.37. The lowest BCUT2D eigenvalue weighted by Gasteiger charge is -1.99. The molecule has 0 fully saturated rings. The van der Waals surface area contributed by atoms with Crippen LogP contribution in [0.4, 0.5) is 0 Å². The SMILES string of the molecule is Cc1nc2cc(C(=O)CCBr)ccc2n1C. The van der Waals surface area contributed by atoms with Crippen LogP contribution in [0.5, 0.6) is 0 Å². The molecule has 16 heavy (non-hydrogen) atoms. The molecule has 0 radical (unpaired) electrons. The van der Waals surface area contributed by atoms with Crippen LogP contribution >= 0.6 is 15.9 Å². The summed E-state index contributed by atoms with van der Waals surface area (Å²) in [6.07, 6.45) is 0.525. The van der Waals surface area contributed by atoms with Gasteiger partial charge < -0.3 is 4.57 Å². The van der Waals surface area contributed by atoms with Crippen molar-refractivity contribution >= 4 is 32.7 Å². The van der Waals surface area contributed by atoms with Crippen molar-refractivity contribution in [3.8, 4) is 0 Å². The fourth-order valence-electron chi connectivity index (χ4n) is 1.72. The summed E-state index contributed by atoms with van der Waals surface area (Å²) in [7, 11) is 1.98. The minimum Gasteiger partial charge on any atom is -0.331 e.